The summed E-state index contributed by atoms with van der Waals surface area (Å²) in [6, 6.07) is 4.19. The van der Waals surface area contributed by atoms with Crippen LogP contribution in [-0.4, -0.2) is 48.8 Å². The van der Waals surface area contributed by atoms with E-state index in [0.717, 1.165) is 12.1 Å². The normalized spacial score (nSPS) is 18.6. The van der Waals surface area contributed by atoms with Gasteiger partial charge >= 0.3 is 6.18 Å². The number of nitrogens with zero attached hydrogens (tertiary/aromatic N) is 1. The van der Waals surface area contributed by atoms with Gasteiger partial charge in [0, 0.05) is 13.7 Å². The Kier molecular flexibility index (Phi) is 7.77. The van der Waals surface area contributed by atoms with Crippen molar-refractivity contribution in [3.63, 3.8) is 0 Å². The number of nitrogens with one attached hydrogen (secondary N) is 1. The van der Waals surface area contributed by atoms with Crippen LogP contribution in [0.1, 0.15) is 36.8 Å². The van der Waals surface area contributed by atoms with Crippen LogP contribution in [0.5, 0.6) is 0 Å². The number of methoxy groups -OCH3 is 1. The quantitative estimate of drug-likeness (QED) is 0.657. The van der Waals surface area contributed by atoms with Crippen LogP contribution in [0, 0.1) is 5.92 Å². The van der Waals surface area contributed by atoms with E-state index in [-0.39, 0.29) is 23.5 Å². The highest BCUT2D eigenvalue weighted by Gasteiger charge is 2.41. The van der Waals surface area contributed by atoms with E-state index < -0.39 is 23.2 Å². The maximum absolute atomic E-state index is 13.1. The number of carbonyl (C=O) groups is 2. The van der Waals surface area contributed by atoms with Gasteiger partial charge in [0.25, 0.3) is 0 Å². The SMILES string of the molecule is COCCNC(=O)[C@H](CC(C)C)N1C(=O)CS[C@@H]1c1cccc(C(F)(F)F)c1. The molecule has 0 aliphatic carbocycles. The molecule has 1 aliphatic heterocycles. The second-order valence-corrected chi connectivity index (χ2v) is 8.09. The van der Waals surface area contributed by atoms with Crippen LogP contribution in [0.4, 0.5) is 13.2 Å². The van der Waals surface area contributed by atoms with E-state index >= 15 is 0 Å². The zero-order valence-electron chi connectivity index (χ0n) is 16.1. The summed E-state index contributed by atoms with van der Waals surface area (Å²) in [6.45, 7) is 4.50. The molecule has 2 rings (SSSR count). The number of alkyl halides is 3. The van der Waals surface area contributed by atoms with E-state index in [1.165, 1.54) is 29.8 Å². The Bertz CT molecular complexity index is 697. The lowest BCUT2D eigenvalue weighted by Crippen LogP contribution is -2.49. The number of carbonyl (C=O) groups excluding carboxylic acids is 2. The van der Waals surface area contributed by atoms with E-state index in [0.29, 0.717) is 25.1 Å². The molecule has 0 saturated carbocycles. The zero-order chi connectivity index (χ0) is 20.9. The maximum Gasteiger partial charge on any atom is 0.416 e. The van der Waals surface area contributed by atoms with Gasteiger partial charge in [0.15, 0.2) is 0 Å². The van der Waals surface area contributed by atoms with Gasteiger partial charge in [-0.25, -0.2) is 0 Å². The first-order valence-electron chi connectivity index (χ1n) is 9.01. The van der Waals surface area contributed by atoms with Crippen molar-refractivity contribution >= 4 is 23.6 Å². The molecule has 1 saturated heterocycles. The average molecular weight is 418 g/mol. The summed E-state index contributed by atoms with van der Waals surface area (Å²) in [4.78, 5) is 26.7. The minimum absolute atomic E-state index is 0.124. The lowest BCUT2D eigenvalue weighted by molar-refractivity contribution is -0.139. The predicted molar refractivity (Wildman–Crippen MR) is 102 cm³/mol. The third-order valence-electron chi connectivity index (χ3n) is 4.34. The van der Waals surface area contributed by atoms with Crippen LogP contribution in [0.25, 0.3) is 0 Å². The predicted octanol–water partition coefficient (Wildman–Crippen LogP) is 3.46. The van der Waals surface area contributed by atoms with Crippen molar-refractivity contribution in [3.8, 4) is 0 Å². The topological polar surface area (TPSA) is 58.6 Å². The van der Waals surface area contributed by atoms with Gasteiger partial charge in [-0.15, -0.1) is 11.8 Å². The molecule has 156 valence electrons. The molecule has 0 bridgehead atoms. The minimum atomic E-state index is -4.47. The summed E-state index contributed by atoms with van der Waals surface area (Å²) in [5, 5.41) is 2.11. The lowest BCUT2D eigenvalue weighted by atomic mass is 10.00. The molecule has 1 fully saturated rings. The van der Waals surface area contributed by atoms with Gasteiger partial charge in [0.1, 0.15) is 11.4 Å². The molecule has 0 radical (unpaired) electrons. The fraction of sp³-hybridized carbons (Fsp3) is 0.579. The minimum Gasteiger partial charge on any atom is -0.383 e. The molecule has 0 aromatic heterocycles. The third-order valence-corrected chi connectivity index (χ3v) is 5.57. The highest BCUT2D eigenvalue weighted by atomic mass is 32.2. The number of benzene rings is 1. The van der Waals surface area contributed by atoms with Crippen LogP contribution in [-0.2, 0) is 20.5 Å². The maximum atomic E-state index is 13.1. The Balaban J connectivity index is 2.32. The van der Waals surface area contributed by atoms with Gasteiger partial charge in [-0.1, -0.05) is 26.0 Å². The monoisotopic (exact) mass is 418 g/mol. The zero-order valence-corrected chi connectivity index (χ0v) is 16.9. The lowest BCUT2D eigenvalue weighted by Gasteiger charge is -2.33. The third kappa shape index (κ3) is 5.64. The Morgan fingerprint density at radius 1 is 1.39 bits per heavy atom. The van der Waals surface area contributed by atoms with Crippen molar-refractivity contribution in [3.05, 3.63) is 35.4 Å². The Morgan fingerprint density at radius 2 is 2.11 bits per heavy atom. The Hall–Kier alpha value is -1.74. The second-order valence-electron chi connectivity index (χ2n) is 7.02. The summed E-state index contributed by atoms with van der Waals surface area (Å²) in [6.07, 6.45) is -4.05. The largest absolute Gasteiger partial charge is 0.416 e. The van der Waals surface area contributed by atoms with Crippen LogP contribution in [0.15, 0.2) is 24.3 Å². The average Bonchev–Trinajstić information content (AvgIpc) is 3.00. The molecule has 1 aromatic carbocycles. The van der Waals surface area contributed by atoms with Crippen LogP contribution in [0.3, 0.4) is 0 Å². The summed E-state index contributed by atoms with van der Waals surface area (Å²) in [5.74, 6) is -0.321. The van der Waals surface area contributed by atoms with Gasteiger partial charge in [0.2, 0.25) is 11.8 Å². The first kappa shape index (κ1) is 22.5. The van der Waals surface area contributed by atoms with Gasteiger partial charge in [-0.2, -0.15) is 13.2 Å². The summed E-state index contributed by atoms with van der Waals surface area (Å²) in [5.41, 5.74) is -0.404. The second kappa shape index (κ2) is 9.65. The molecule has 2 atom stereocenters. The van der Waals surface area contributed by atoms with Gasteiger partial charge in [-0.05, 0) is 30.0 Å². The van der Waals surface area contributed by atoms with E-state index in [9.17, 15) is 22.8 Å². The van der Waals surface area contributed by atoms with Crippen LogP contribution in [0.2, 0.25) is 0 Å². The van der Waals surface area contributed by atoms with Gasteiger partial charge < -0.3 is 15.0 Å². The smallest absolute Gasteiger partial charge is 0.383 e. The van der Waals surface area contributed by atoms with E-state index in [1.54, 1.807) is 6.07 Å². The molecule has 1 N–H and O–H groups in total. The van der Waals surface area contributed by atoms with Crippen molar-refractivity contribution in [1.82, 2.24) is 10.2 Å². The number of thioether (sulfide) groups is 1. The Labute approximate surface area is 167 Å². The number of hydrogen-bond acceptors (Lipinski definition) is 4. The molecule has 0 spiro atoms. The van der Waals surface area contributed by atoms with Gasteiger partial charge in [-0.3, -0.25) is 9.59 Å². The fourth-order valence-corrected chi connectivity index (χ4v) is 4.30. The molecule has 1 aromatic rings. The van der Waals surface area contributed by atoms with E-state index in [4.69, 9.17) is 4.74 Å². The first-order valence-corrected chi connectivity index (χ1v) is 10.1. The molecule has 0 unspecified atom stereocenters. The molecule has 1 heterocycles. The number of rotatable bonds is 8. The molecular formula is C19H25F3N2O3S. The van der Waals surface area contributed by atoms with Crippen LogP contribution < -0.4 is 5.32 Å². The Morgan fingerprint density at radius 3 is 2.71 bits per heavy atom. The fourth-order valence-electron chi connectivity index (χ4n) is 3.09. The van der Waals surface area contributed by atoms with E-state index in [2.05, 4.69) is 5.32 Å². The summed E-state index contributed by atoms with van der Waals surface area (Å²) < 4.78 is 44.2. The highest BCUT2D eigenvalue weighted by Crippen LogP contribution is 2.42. The number of hydrogen-bond donors (Lipinski definition) is 1. The molecule has 28 heavy (non-hydrogen) atoms. The van der Waals surface area contributed by atoms with E-state index in [1.807, 2.05) is 13.8 Å². The van der Waals surface area contributed by atoms with Crippen molar-refractivity contribution < 1.29 is 27.5 Å². The number of halogens is 3. The number of ether oxygens (including phenoxy) is 1. The summed E-state index contributed by atoms with van der Waals surface area (Å²) >= 11 is 1.24. The van der Waals surface area contributed by atoms with Crippen LogP contribution >= 0.6 is 11.8 Å². The summed E-state index contributed by atoms with van der Waals surface area (Å²) in [7, 11) is 1.52. The standard InChI is InChI=1S/C19H25F3N2O3S/c1-12(2)9-15(17(26)23-7-8-27-3)24-16(25)11-28-18(24)13-5-4-6-14(10-13)19(20,21)22/h4-6,10,12,15,18H,7-9,11H2,1-3H3,(H,23,26)/t15-,18+/m0/s1. The molecule has 1 aliphatic rings. The molecular weight excluding hydrogens is 393 g/mol. The van der Waals surface area contributed by atoms with Crippen molar-refractivity contribution in [2.24, 2.45) is 5.92 Å². The van der Waals surface area contributed by atoms with Crippen molar-refractivity contribution in [2.45, 2.75) is 37.9 Å². The molecule has 2 amide bonds. The first-order chi connectivity index (χ1) is 13.1. The molecule has 9 heteroatoms. The van der Waals surface area contributed by atoms with Crippen molar-refractivity contribution in [1.29, 1.82) is 0 Å². The van der Waals surface area contributed by atoms with Gasteiger partial charge in [0.05, 0.1) is 17.9 Å². The molecule has 5 nitrogen and oxygen atoms in total. The van der Waals surface area contributed by atoms with Crippen molar-refractivity contribution in [2.75, 3.05) is 26.0 Å². The highest BCUT2D eigenvalue weighted by molar-refractivity contribution is 8.00. The number of amides is 2.